The third-order valence-corrected chi connectivity index (χ3v) is 5.67. The van der Waals surface area contributed by atoms with E-state index in [0.29, 0.717) is 11.6 Å². The SMILES string of the molecule is CC[C@@H](C)NC(=O)[C@H](Cc1ccccc1)NC(=O)c1csc(Nc2cccc(C)c2)n1. The van der Waals surface area contributed by atoms with Crippen LogP contribution in [0.25, 0.3) is 0 Å². The van der Waals surface area contributed by atoms with Crippen LogP contribution in [0.2, 0.25) is 0 Å². The molecule has 6 nitrogen and oxygen atoms in total. The number of thiazole rings is 1. The van der Waals surface area contributed by atoms with Crippen molar-refractivity contribution in [2.24, 2.45) is 0 Å². The number of hydrogen-bond acceptors (Lipinski definition) is 5. The average Bonchev–Trinajstić information content (AvgIpc) is 3.22. The normalized spacial score (nSPS) is 12.6. The van der Waals surface area contributed by atoms with Gasteiger partial charge in [0.1, 0.15) is 11.7 Å². The van der Waals surface area contributed by atoms with E-state index in [2.05, 4.69) is 20.9 Å². The van der Waals surface area contributed by atoms with Crippen molar-refractivity contribution in [2.45, 2.75) is 45.7 Å². The van der Waals surface area contributed by atoms with E-state index >= 15 is 0 Å². The van der Waals surface area contributed by atoms with Gasteiger partial charge < -0.3 is 16.0 Å². The molecule has 3 rings (SSSR count). The first-order chi connectivity index (χ1) is 14.9. The highest BCUT2D eigenvalue weighted by Crippen LogP contribution is 2.21. The Morgan fingerprint density at radius 2 is 1.84 bits per heavy atom. The first kappa shape index (κ1) is 22.5. The summed E-state index contributed by atoms with van der Waals surface area (Å²) in [6, 6.07) is 16.9. The molecule has 0 bridgehead atoms. The number of carbonyl (C=O) groups excluding carboxylic acids is 2. The highest BCUT2D eigenvalue weighted by atomic mass is 32.1. The Hall–Kier alpha value is -3.19. The third kappa shape index (κ3) is 6.65. The van der Waals surface area contributed by atoms with Crippen molar-refractivity contribution in [2.75, 3.05) is 5.32 Å². The number of benzene rings is 2. The van der Waals surface area contributed by atoms with Crippen LogP contribution in [0, 0.1) is 6.92 Å². The van der Waals surface area contributed by atoms with Gasteiger partial charge in [-0.25, -0.2) is 4.98 Å². The van der Waals surface area contributed by atoms with Gasteiger partial charge in [0.05, 0.1) is 0 Å². The molecule has 0 aliphatic rings. The maximum absolute atomic E-state index is 12.9. The fraction of sp³-hybridized carbons (Fsp3) is 0.292. The molecule has 0 aliphatic carbocycles. The van der Waals surface area contributed by atoms with E-state index in [0.717, 1.165) is 23.2 Å². The first-order valence-electron chi connectivity index (χ1n) is 10.4. The van der Waals surface area contributed by atoms with Crippen LogP contribution in [0.3, 0.4) is 0 Å². The molecule has 0 radical (unpaired) electrons. The van der Waals surface area contributed by atoms with Crippen molar-refractivity contribution < 1.29 is 9.59 Å². The fourth-order valence-electron chi connectivity index (χ4n) is 3.02. The minimum absolute atomic E-state index is 0.0343. The van der Waals surface area contributed by atoms with E-state index in [1.165, 1.54) is 11.3 Å². The standard InChI is InChI=1S/C24H28N4O2S/c1-4-17(3)25-22(29)20(14-18-10-6-5-7-11-18)27-23(30)21-15-31-24(28-21)26-19-12-8-9-16(2)13-19/h5-13,15,17,20H,4,14H2,1-3H3,(H,25,29)(H,26,28)(H,27,30)/t17-,20+/m1/s1. The molecule has 0 unspecified atom stereocenters. The van der Waals surface area contributed by atoms with Crippen LogP contribution < -0.4 is 16.0 Å². The molecule has 2 aromatic carbocycles. The summed E-state index contributed by atoms with van der Waals surface area (Å²) in [6.07, 6.45) is 1.23. The average molecular weight is 437 g/mol. The van der Waals surface area contributed by atoms with Gasteiger partial charge in [0, 0.05) is 23.5 Å². The van der Waals surface area contributed by atoms with Gasteiger partial charge in [0.2, 0.25) is 5.91 Å². The Bertz CT molecular complexity index is 1020. The van der Waals surface area contributed by atoms with Crippen molar-refractivity contribution in [3.63, 3.8) is 0 Å². The van der Waals surface area contributed by atoms with Gasteiger partial charge in [-0.2, -0.15) is 0 Å². The molecule has 1 heterocycles. The Balaban J connectivity index is 1.70. The smallest absolute Gasteiger partial charge is 0.271 e. The van der Waals surface area contributed by atoms with Gasteiger partial charge in [-0.15, -0.1) is 11.3 Å². The second-order valence-corrected chi connectivity index (χ2v) is 8.42. The molecule has 2 amide bonds. The van der Waals surface area contributed by atoms with Crippen LogP contribution in [0.15, 0.2) is 60.0 Å². The van der Waals surface area contributed by atoms with Crippen LogP contribution in [-0.2, 0) is 11.2 Å². The van der Waals surface area contributed by atoms with Crippen LogP contribution >= 0.6 is 11.3 Å². The van der Waals surface area contributed by atoms with Crippen LogP contribution in [-0.4, -0.2) is 28.9 Å². The Kier molecular flexibility index (Phi) is 7.78. The fourth-order valence-corrected chi connectivity index (χ4v) is 3.73. The molecule has 0 saturated heterocycles. The lowest BCUT2D eigenvalue weighted by molar-refractivity contribution is -0.123. The molecule has 0 spiro atoms. The van der Waals surface area contributed by atoms with Gasteiger partial charge in [-0.3, -0.25) is 9.59 Å². The largest absolute Gasteiger partial charge is 0.352 e. The zero-order chi connectivity index (χ0) is 22.2. The van der Waals surface area contributed by atoms with E-state index in [1.54, 1.807) is 5.38 Å². The summed E-state index contributed by atoms with van der Waals surface area (Å²) >= 11 is 1.35. The minimum Gasteiger partial charge on any atom is -0.352 e. The third-order valence-electron chi connectivity index (χ3n) is 4.91. The maximum atomic E-state index is 12.9. The maximum Gasteiger partial charge on any atom is 0.271 e. The predicted molar refractivity (Wildman–Crippen MR) is 126 cm³/mol. The number of rotatable bonds is 9. The summed E-state index contributed by atoms with van der Waals surface area (Å²) in [6.45, 7) is 5.97. The lowest BCUT2D eigenvalue weighted by Crippen LogP contribution is -2.50. The van der Waals surface area contributed by atoms with E-state index in [1.807, 2.05) is 75.4 Å². The number of nitrogens with one attached hydrogen (secondary N) is 3. The van der Waals surface area contributed by atoms with E-state index in [4.69, 9.17) is 0 Å². The van der Waals surface area contributed by atoms with Gasteiger partial charge in [0.25, 0.3) is 5.91 Å². The van der Waals surface area contributed by atoms with Crippen LogP contribution in [0.1, 0.15) is 41.9 Å². The molecule has 0 fully saturated rings. The van der Waals surface area contributed by atoms with E-state index < -0.39 is 6.04 Å². The van der Waals surface area contributed by atoms with Crippen molar-refractivity contribution in [3.05, 3.63) is 76.8 Å². The number of aryl methyl sites for hydroxylation is 1. The van der Waals surface area contributed by atoms with E-state index in [9.17, 15) is 9.59 Å². The molecule has 3 aromatic rings. The van der Waals surface area contributed by atoms with Crippen molar-refractivity contribution in [3.8, 4) is 0 Å². The molecule has 31 heavy (non-hydrogen) atoms. The van der Waals surface area contributed by atoms with Crippen molar-refractivity contribution in [1.82, 2.24) is 15.6 Å². The number of anilines is 2. The molecule has 162 valence electrons. The van der Waals surface area contributed by atoms with Gasteiger partial charge in [-0.05, 0) is 43.5 Å². The molecule has 7 heteroatoms. The molecule has 2 atom stereocenters. The van der Waals surface area contributed by atoms with Crippen molar-refractivity contribution in [1.29, 1.82) is 0 Å². The summed E-state index contributed by atoms with van der Waals surface area (Å²) in [5, 5.41) is 11.4. The van der Waals surface area contributed by atoms with Crippen LogP contribution in [0.4, 0.5) is 10.8 Å². The highest BCUT2D eigenvalue weighted by Gasteiger charge is 2.24. The minimum atomic E-state index is -0.682. The summed E-state index contributed by atoms with van der Waals surface area (Å²) in [5.41, 5.74) is 3.31. The van der Waals surface area contributed by atoms with Gasteiger partial charge in [0.15, 0.2) is 5.13 Å². The first-order valence-corrected chi connectivity index (χ1v) is 11.3. The molecular weight excluding hydrogens is 408 g/mol. The molecule has 0 aliphatic heterocycles. The quantitative estimate of drug-likeness (QED) is 0.463. The van der Waals surface area contributed by atoms with Crippen LogP contribution in [0.5, 0.6) is 0 Å². The predicted octanol–water partition coefficient (Wildman–Crippen LogP) is 4.45. The number of aromatic nitrogens is 1. The zero-order valence-corrected chi connectivity index (χ0v) is 18.8. The van der Waals surface area contributed by atoms with Gasteiger partial charge >= 0.3 is 0 Å². The Labute approximate surface area is 187 Å². The van der Waals surface area contributed by atoms with Gasteiger partial charge in [-0.1, -0.05) is 49.4 Å². The second kappa shape index (κ2) is 10.7. The Morgan fingerprint density at radius 1 is 1.06 bits per heavy atom. The number of amides is 2. The molecule has 1 aromatic heterocycles. The zero-order valence-electron chi connectivity index (χ0n) is 18.0. The topological polar surface area (TPSA) is 83.1 Å². The number of hydrogen-bond donors (Lipinski definition) is 3. The molecule has 0 saturated carbocycles. The second-order valence-electron chi connectivity index (χ2n) is 7.57. The van der Waals surface area contributed by atoms with Crippen molar-refractivity contribution >= 4 is 34.0 Å². The number of carbonyl (C=O) groups is 2. The summed E-state index contributed by atoms with van der Waals surface area (Å²) in [5.74, 6) is -0.561. The monoisotopic (exact) mass is 436 g/mol. The lowest BCUT2D eigenvalue weighted by atomic mass is 10.0. The Morgan fingerprint density at radius 3 is 2.55 bits per heavy atom. The molecule has 3 N–H and O–H groups in total. The number of nitrogens with zero attached hydrogens (tertiary/aromatic N) is 1. The van der Waals surface area contributed by atoms with E-state index in [-0.39, 0.29) is 23.6 Å². The molecular formula is C24H28N4O2S. The summed E-state index contributed by atoms with van der Waals surface area (Å²) in [7, 11) is 0. The lowest BCUT2D eigenvalue weighted by Gasteiger charge is -2.20. The summed E-state index contributed by atoms with van der Waals surface area (Å²) in [4.78, 5) is 30.1. The summed E-state index contributed by atoms with van der Waals surface area (Å²) < 4.78 is 0. The highest BCUT2D eigenvalue weighted by molar-refractivity contribution is 7.14.